The Morgan fingerprint density at radius 3 is 2.50 bits per heavy atom. The third-order valence-electron chi connectivity index (χ3n) is 6.33. The number of rotatable bonds is 2. The monoisotopic (exact) mass is 506 g/mol. The summed E-state index contributed by atoms with van der Waals surface area (Å²) in [6, 6.07) is 0. The van der Waals surface area contributed by atoms with Crippen molar-refractivity contribution in [3.8, 4) is 0 Å². The Kier molecular flexibility index (Phi) is 8.28. The highest BCUT2D eigenvalue weighted by Crippen LogP contribution is 2.45. The number of guanidine groups is 1. The normalized spacial score (nSPS) is 25.0. The van der Waals surface area contributed by atoms with Crippen molar-refractivity contribution in [1.29, 1.82) is 0 Å². The molecular weight excluding hydrogens is 467 g/mol. The molecule has 1 unspecified atom stereocenters. The second-order valence-corrected chi connectivity index (χ2v) is 9.74. The molecule has 6 nitrogen and oxygen atoms in total. The number of aliphatic imine (C=N–C) groups is 1. The molecule has 0 radical (unpaired) electrons. The van der Waals surface area contributed by atoms with Gasteiger partial charge in [0.05, 0.1) is 0 Å². The summed E-state index contributed by atoms with van der Waals surface area (Å²) in [4.78, 5) is 21.2. The maximum Gasteiger partial charge on any atom is 0.410 e. The lowest BCUT2D eigenvalue weighted by molar-refractivity contribution is 0.0168. The topological polar surface area (TPSA) is 57.2 Å². The molecule has 1 atom stereocenters. The lowest BCUT2D eigenvalue weighted by atomic mass is 9.86. The van der Waals surface area contributed by atoms with Crippen molar-refractivity contribution >= 4 is 36.0 Å². The lowest BCUT2D eigenvalue weighted by Crippen LogP contribution is -2.48. The number of amides is 1. The minimum atomic E-state index is -0.434. The zero-order valence-corrected chi connectivity index (χ0v) is 20.5. The highest BCUT2D eigenvalue weighted by atomic mass is 127. The van der Waals surface area contributed by atoms with Crippen LogP contribution in [0, 0.1) is 11.3 Å². The standard InChI is InChI=1S/C21H38N4O2.HI/c1-20(2,3)27-19(26)24-12-7-8-17(15-24)14-23-18(22-4)25-13-11-21(16-25)9-5-6-10-21;/h17H,5-16H2,1-4H3,(H,22,23);1H. The molecule has 1 amide bonds. The van der Waals surface area contributed by atoms with Gasteiger partial charge in [-0.05, 0) is 64.2 Å². The Balaban J connectivity index is 0.00000280. The van der Waals surface area contributed by atoms with Crippen molar-refractivity contribution in [2.45, 2.75) is 71.3 Å². The predicted molar refractivity (Wildman–Crippen MR) is 124 cm³/mol. The molecule has 0 aromatic heterocycles. The SMILES string of the molecule is CN=C(NCC1CCCN(C(=O)OC(C)(C)C)C1)N1CCC2(CCCC2)C1.I. The van der Waals surface area contributed by atoms with E-state index in [0.717, 1.165) is 51.5 Å². The summed E-state index contributed by atoms with van der Waals surface area (Å²) in [5.74, 6) is 1.49. The van der Waals surface area contributed by atoms with Crippen LogP contribution in [0.3, 0.4) is 0 Å². The highest BCUT2D eigenvalue weighted by Gasteiger charge is 2.41. The van der Waals surface area contributed by atoms with Crippen LogP contribution < -0.4 is 5.32 Å². The van der Waals surface area contributed by atoms with Crippen LogP contribution in [0.5, 0.6) is 0 Å². The molecule has 28 heavy (non-hydrogen) atoms. The Labute approximate surface area is 187 Å². The predicted octanol–water partition coefficient (Wildman–Crippen LogP) is 4.09. The van der Waals surface area contributed by atoms with Gasteiger partial charge < -0.3 is 19.9 Å². The fourth-order valence-corrected chi connectivity index (χ4v) is 4.94. The van der Waals surface area contributed by atoms with Crippen molar-refractivity contribution in [1.82, 2.24) is 15.1 Å². The van der Waals surface area contributed by atoms with Crippen molar-refractivity contribution in [2.75, 3.05) is 39.8 Å². The summed E-state index contributed by atoms with van der Waals surface area (Å²) in [5.41, 5.74) is 0.117. The third-order valence-corrected chi connectivity index (χ3v) is 6.33. The smallest absolute Gasteiger partial charge is 0.410 e. The van der Waals surface area contributed by atoms with Gasteiger partial charge in [-0.25, -0.2) is 4.79 Å². The number of hydrogen-bond donors (Lipinski definition) is 1. The van der Waals surface area contributed by atoms with Gasteiger partial charge in [0.25, 0.3) is 0 Å². The molecule has 7 heteroatoms. The van der Waals surface area contributed by atoms with Crippen molar-refractivity contribution < 1.29 is 9.53 Å². The number of nitrogens with zero attached hydrogens (tertiary/aromatic N) is 3. The number of carbonyl (C=O) groups is 1. The zero-order valence-electron chi connectivity index (χ0n) is 18.1. The number of ether oxygens (including phenoxy) is 1. The number of likely N-dealkylation sites (tertiary alicyclic amines) is 2. The van der Waals surface area contributed by atoms with Gasteiger partial charge in [0.2, 0.25) is 0 Å². The van der Waals surface area contributed by atoms with E-state index in [1.165, 1.54) is 32.1 Å². The fraction of sp³-hybridized carbons (Fsp3) is 0.905. The van der Waals surface area contributed by atoms with E-state index in [4.69, 9.17) is 4.74 Å². The molecule has 3 aliphatic rings. The molecular formula is C21H39IN4O2. The molecule has 3 fully saturated rings. The minimum Gasteiger partial charge on any atom is -0.444 e. The quantitative estimate of drug-likeness (QED) is 0.348. The Bertz CT molecular complexity index is 555. The maximum atomic E-state index is 12.4. The van der Waals surface area contributed by atoms with Crippen molar-refractivity contribution in [3.63, 3.8) is 0 Å². The highest BCUT2D eigenvalue weighted by molar-refractivity contribution is 14.0. The minimum absolute atomic E-state index is 0. The largest absolute Gasteiger partial charge is 0.444 e. The van der Waals surface area contributed by atoms with Crippen molar-refractivity contribution in [3.05, 3.63) is 0 Å². The van der Waals surface area contributed by atoms with E-state index in [9.17, 15) is 4.79 Å². The van der Waals surface area contributed by atoms with Crippen LogP contribution in [-0.2, 0) is 4.74 Å². The van der Waals surface area contributed by atoms with Gasteiger partial charge in [-0.3, -0.25) is 4.99 Å². The molecule has 0 aromatic carbocycles. The first kappa shape index (κ1) is 23.5. The molecule has 3 rings (SSSR count). The number of hydrogen-bond acceptors (Lipinski definition) is 3. The van der Waals surface area contributed by atoms with E-state index < -0.39 is 5.60 Å². The summed E-state index contributed by atoms with van der Waals surface area (Å²) in [6.07, 6.45) is 8.86. The first-order valence-electron chi connectivity index (χ1n) is 10.7. The van der Waals surface area contributed by atoms with Gasteiger partial charge in [0.15, 0.2) is 5.96 Å². The molecule has 1 saturated carbocycles. The molecule has 1 N–H and O–H groups in total. The van der Waals surface area contributed by atoms with Crippen LogP contribution in [0.25, 0.3) is 0 Å². The molecule has 2 saturated heterocycles. The maximum absolute atomic E-state index is 12.4. The Morgan fingerprint density at radius 2 is 1.86 bits per heavy atom. The molecule has 1 aliphatic carbocycles. The zero-order chi connectivity index (χ0) is 19.5. The van der Waals surface area contributed by atoms with Crippen LogP contribution in [0.4, 0.5) is 4.79 Å². The van der Waals surface area contributed by atoms with Gasteiger partial charge in [-0.1, -0.05) is 12.8 Å². The van der Waals surface area contributed by atoms with E-state index in [1.54, 1.807) is 0 Å². The second kappa shape index (κ2) is 9.85. The lowest BCUT2D eigenvalue weighted by Gasteiger charge is -2.35. The molecule has 1 spiro atoms. The Hall–Kier alpha value is -0.730. The number of piperidine rings is 1. The average molecular weight is 506 g/mol. The Morgan fingerprint density at radius 1 is 1.14 bits per heavy atom. The van der Waals surface area contributed by atoms with Crippen LogP contribution >= 0.6 is 24.0 Å². The van der Waals surface area contributed by atoms with E-state index in [-0.39, 0.29) is 30.1 Å². The number of halogens is 1. The summed E-state index contributed by atoms with van der Waals surface area (Å²) in [6.45, 7) is 10.5. The molecule has 0 bridgehead atoms. The first-order valence-corrected chi connectivity index (χ1v) is 10.7. The molecule has 2 heterocycles. The average Bonchev–Trinajstić information content (AvgIpc) is 3.25. The van der Waals surface area contributed by atoms with E-state index in [2.05, 4.69) is 15.2 Å². The van der Waals surface area contributed by atoms with Crippen LogP contribution in [0.1, 0.15) is 65.7 Å². The second-order valence-electron chi connectivity index (χ2n) is 9.74. The number of nitrogens with one attached hydrogen (secondary N) is 1. The van der Waals surface area contributed by atoms with Crippen LogP contribution in [0.15, 0.2) is 4.99 Å². The van der Waals surface area contributed by atoms with Gasteiger partial charge in [0, 0.05) is 39.8 Å². The molecule has 0 aromatic rings. The van der Waals surface area contributed by atoms with Crippen LogP contribution in [-0.4, -0.2) is 67.2 Å². The first-order chi connectivity index (χ1) is 12.8. The summed E-state index contributed by atoms with van der Waals surface area (Å²) < 4.78 is 5.54. The fourth-order valence-electron chi connectivity index (χ4n) is 4.94. The summed E-state index contributed by atoms with van der Waals surface area (Å²) in [5, 5.41) is 3.59. The van der Waals surface area contributed by atoms with Gasteiger partial charge >= 0.3 is 6.09 Å². The van der Waals surface area contributed by atoms with Gasteiger partial charge in [0.1, 0.15) is 5.60 Å². The van der Waals surface area contributed by atoms with E-state index in [1.807, 2.05) is 32.7 Å². The van der Waals surface area contributed by atoms with Gasteiger partial charge in [-0.15, -0.1) is 24.0 Å². The van der Waals surface area contributed by atoms with Crippen molar-refractivity contribution in [2.24, 2.45) is 16.3 Å². The molecule has 162 valence electrons. The molecule has 2 aliphatic heterocycles. The van der Waals surface area contributed by atoms with Crippen LogP contribution in [0.2, 0.25) is 0 Å². The van der Waals surface area contributed by atoms with E-state index >= 15 is 0 Å². The van der Waals surface area contributed by atoms with E-state index in [0.29, 0.717) is 11.3 Å². The third kappa shape index (κ3) is 6.13. The summed E-state index contributed by atoms with van der Waals surface area (Å²) >= 11 is 0. The summed E-state index contributed by atoms with van der Waals surface area (Å²) in [7, 11) is 1.88. The van der Waals surface area contributed by atoms with Gasteiger partial charge in [-0.2, -0.15) is 0 Å². The number of carbonyl (C=O) groups excluding carboxylic acids is 1.